The van der Waals surface area contributed by atoms with Crippen molar-refractivity contribution in [2.75, 3.05) is 5.32 Å². The Morgan fingerprint density at radius 2 is 1.79 bits per heavy atom. The van der Waals surface area contributed by atoms with Gasteiger partial charge in [0.2, 0.25) is 5.91 Å². The molecule has 0 radical (unpaired) electrons. The van der Waals surface area contributed by atoms with E-state index in [1.54, 1.807) is 36.4 Å². The van der Waals surface area contributed by atoms with E-state index in [1.165, 1.54) is 0 Å². The Morgan fingerprint density at radius 3 is 2.53 bits per heavy atom. The molecule has 0 spiro atoms. The summed E-state index contributed by atoms with van der Waals surface area (Å²) in [7, 11) is 0. The van der Waals surface area contributed by atoms with Crippen molar-refractivity contribution < 1.29 is 4.79 Å². The molecule has 0 unspecified atom stereocenters. The molecule has 0 bridgehead atoms. The van der Waals surface area contributed by atoms with E-state index in [0.717, 1.165) is 5.56 Å². The minimum absolute atomic E-state index is 0.175. The number of rotatable bonds is 3. The smallest absolute Gasteiger partial charge is 0.228 e. The molecule has 19 heavy (non-hydrogen) atoms. The van der Waals surface area contributed by atoms with E-state index in [-0.39, 0.29) is 12.3 Å². The van der Waals surface area contributed by atoms with E-state index in [4.69, 9.17) is 34.8 Å². The van der Waals surface area contributed by atoms with Gasteiger partial charge >= 0.3 is 0 Å². The molecule has 2 nitrogen and oxygen atoms in total. The SMILES string of the molecule is O=C(Cc1cccc(Cl)c1)Nc1cccc(Cl)c1Cl. The molecule has 1 amide bonds. The summed E-state index contributed by atoms with van der Waals surface area (Å²) in [4.78, 5) is 11.9. The highest BCUT2D eigenvalue weighted by Gasteiger charge is 2.09. The van der Waals surface area contributed by atoms with E-state index < -0.39 is 0 Å². The number of benzene rings is 2. The summed E-state index contributed by atoms with van der Waals surface area (Å²) >= 11 is 17.7. The van der Waals surface area contributed by atoms with Gasteiger partial charge in [0.05, 0.1) is 22.2 Å². The number of halogens is 3. The van der Waals surface area contributed by atoms with Crippen molar-refractivity contribution in [3.8, 4) is 0 Å². The van der Waals surface area contributed by atoms with Crippen molar-refractivity contribution in [3.05, 3.63) is 63.1 Å². The molecule has 0 aromatic heterocycles. The standard InChI is InChI=1S/C14H10Cl3NO/c15-10-4-1-3-9(7-10)8-13(19)18-12-6-2-5-11(16)14(12)17/h1-7H,8H2,(H,18,19). The maximum atomic E-state index is 11.9. The molecule has 98 valence electrons. The zero-order chi connectivity index (χ0) is 13.8. The topological polar surface area (TPSA) is 29.1 Å². The van der Waals surface area contributed by atoms with Gasteiger partial charge in [-0.3, -0.25) is 4.79 Å². The van der Waals surface area contributed by atoms with Gasteiger partial charge < -0.3 is 5.32 Å². The Balaban J connectivity index is 2.08. The number of hydrogen-bond acceptors (Lipinski definition) is 1. The average Bonchev–Trinajstić information content (AvgIpc) is 2.35. The van der Waals surface area contributed by atoms with Crippen molar-refractivity contribution >= 4 is 46.4 Å². The normalized spacial score (nSPS) is 10.3. The van der Waals surface area contributed by atoms with Crippen LogP contribution < -0.4 is 5.32 Å². The lowest BCUT2D eigenvalue weighted by atomic mass is 10.1. The van der Waals surface area contributed by atoms with Gasteiger partial charge in [-0.25, -0.2) is 0 Å². The van der Waals surface area contributed by atoms with Gasteiger partial charge in [0.15, 0.2) is 0 Å². The van der Waals surface area contributed by atoms with E-state index >= 15 is 0 Å². The first-order chi connectivity index (χ1) is 9.06. The minimum Gasteiger partial charge on any atom is -0.324 e. The summed E-state index contributed by atoms with van der Waals surface area (Å²) in [5.41, 5.74) is 1.34. The molecule has 0 fully saturated rings. The first-order valence-electron chi connectivity index (χ1n) is 5.54. The number of amides is 1. The lowest BCUT2D eigenvalue weighted by molar-refractivity contribution is -0.115. The predicted molar refractivity (Wildman–Crippen MR) is 80.2 cm³/mol. The lowest BCUT2D eigenvalue weighted by Gasteiger charge is -2.08. The first kappa shape index (κ1) is 14.2. The van der Waals surface area contributed by atoms with Gasteiger partial charge in [-0.15, -0.1) is 0 Å². The molecular formula is C14H10Cl3NO. The molecule has 2 rings (SSSR count). The summed E-state index contributed by atoms with van der Waals surface area (Å²) in [6.45, 7) is 0. The fraction of sp³-hybridized carbons (Fsp3) is 0.0714. The first-order valence-corrected chi connectivity index (χ1v) is 6.68. The average molecular weight is 315 g/mol. The Bertz CT molecular complexity index is 613. The van der Waals surface area contributed by atoms with Crippen molar-refractivity contribution in [2.45, 2.75) is 6.42 Å². The monoisotopic (exact) mass is 313 g/mol. The van der Waals surface area contributed by atoms with Gasteiger partial charge in [0, 0.05) is 5.02 Å². The van der Waals surface area contributed by atoms with Crippen LogP contribution in [0.2, 0.25) is 15.1 Å². The predicted octanol–water partition coefficient (Wildman–Crippen LogP) is 4.83. The van der Waals surface area contributed by atoms with Crippen molar-refractivity contribution in [1.82, 2.24) is 0 Å². The highest BCUT2D eigenvalue weighted by molar-refractivity contribution is 6.44. The molecule has 0 saturated carbocycles. The summed E-state index contributed by atoms with van der Waals surface area (Å²) < 4.78 is 0. The number of carbonyl (C=O) groups excluding carboxylic acids is 1. The number of hydrogen-bond donors (Lipinski definition) is 1. The number of anilines is 1. The van der Waals surface area contributed by atoms with E-state index in [2.05, 4.69) is 5.32 Å². The molecule has 0 aliphatic rings. The summed E-state index contributed by atoms with van der Waals surface area (Å²) in [6.07, 6.45) is 0.226. The second-order valence-corrected chi connectivity index (χ2v) is 5.18. The van der Waals surface area contributed by atoms with Gasteiger partial charge in [-0.2, -0.15) is 0 Å². The van der Waals surface area contributed by atoms with Crippen molar-refractivity contribution in [3.63, 3.8) is 0 Å². The van der Waals surface area contributed by atoms with Gasteiger partial charge in [-0.1, -0.05) is 53.0 Å². The van der Waals surface area contributed by atoms with E-state index in [9.17, 15) is 4.79 Å². The molecule has 0 aliphatic heterocycles. The van der Waals surface area contributed by atoms with Gasteiger partial charge in [0.25, 0.3) is 0 Å². The Kier molecular flexibility index (Phi) is 4.70. The van der Waals surface area contributed by atoms with Crippen LogP contribution in [0.5, 0.6) is 0 Å². The Morgan fingerprint density at radius 1 is 1.05 bits per heavy atom. The Hall–Kier alpha value is -1.22. The highest BCUT2D eigenvalue weighted by Crippen LogP contribution is 2.29. The summed E-state index contributed by atoms with van der Waals surface area (Å²) in [6, 6.07) is 12.2. The van der Waals surface area contributed by atoms with Crippen molar-refractivity contribution in [1.29, 1.82) is 0 Å². The van der Waals surface area contributed by atoms with Crippen LogP contribution in [0.4, 0.5) is 5.69 Å². The summed E-state index contributed by atoms with van der Waals surface area (Å²) in [5, 5.41) is 4.06. The largest absolute Gasteiger partial charge is 0.324 e. The Labute approximate surface area is 126 Å². The highest BCUT2D eigenvalue weighted by atomic mass is 35.5. The molecule has 5 heteroatoms. The molecule has 2 aromatic rings. The molecule has 0 heterocycles. The van der Waals surface area contributed by atoms with Gasteiger partial charge in [-0.05, 0) is 29.8 Å². The van der Waals surface area contributed by atoms with Crippen LogP contribution in [0.25, 0.3) is 0 Å². The van der Waals surface area contributed by atoms with Crippen LogP contribution >= 0.6 is 34.8 Å². The molecule has 0 aliphatic carbocycles. The zero-order valence-corrected chi connectivity index (χ0v) is 12.1. The second-order valence-electron chi connectivity index (χ2n) is 3.96. The quantitative estimate of drug-likeness (QED) is 0.864. The molecular weight excluding hydrogens is 305 g/mol. The second kappa shape index (κ2) is 6.29. The fourth-order valence-electron chi connectivity index (χ4n) is 1.63. The van der Waals surface area contributed by atoms with Crippen LogP contribution in [0.3, 0.4) is 0 Å². The third kappa shape index (κ3) is 3.87. The van der Waals surface area contributed by atoms with E-state index in [0.29, 0.717) is 20.8 Å². The minimum atomic E-state index is -0.175. The molecule has 1 N–H and O–H groups in total. The maximum absolute atomic E-state index is 11.9. The van der Waals surface area contributed by atoms with Crippen LogP contribution in [-0.4, -0.2) is 5.91 Å². The van der Waals surface area contributed by atoms with Gasteiger partial charge in [0.1, 0.15) is 0 Å². The third-order valence-corrected chi connectivity index (χ3v) is 3.53. The molecule has 2 aromatic carbocycles. The maximum Gasteiger partial charge on any atom is 0.228 e. The fourth-order valence-corrected chi connectivity index (χ4v) is 2.19. The molecule has 0 atom stereocenters. The van der Waals surface area contributed by atoms with Crippen LogP contribution in [0, 0.1) is 0 Å². The zero-order valence-electron chi connectivity index (χ0n) is 9.79. The number of carbonyl (C=O) groups is 1. The summed E-state index contributed by atoms with van der Waals surface area (Å²) in [5.74, 6) is -0.175. The number of nitrogens with one attached hydrogen (secondary N) is 1. The van der Waals surface area contributed by atoms with Crippen molar-refractivity contribution in [2.24, 2.45) is 0 Å². The molecule has 0 saturated heterocycles. The van der Waals surface area contributed by atoms with Crippen LogP contribution in [0.15, 0.2) is 42.5 Å². The van der Waals surface area contributed by atoms with E-state index in [1.807, 2.05) is 6.07 Å². The van der Waals surface area contributed by atoms with Crippen LogP contribution in [-0.2, 0) is 11.2 Å². The van der Waals surface area contributed by atoms with Crippen LogP contribution in [0.1, 0.15) is 5.56 Å². The lowest BCUT2D eigenvalue weighted by Crippen LogP contribution is -2.14. The third-order valence-electron chi connectivity index (χ3n) is 2.48.